The SMILES string of the molecule is CN(Cc1ccc(F)cc1)C(=O)COC(=O)COc1ccc2c(c1)CCC(=O)N2. The molecule has 2 aromatic rings. The molecule has 0 saturated heterocycles. The number of aryl methyl sites for hydroxylation is 1. The van der Waals surface area contributed by atoms with Crippen LogP contribution in [0, 0.1) is 5.82 Å². The lowest BCUT2D eigenvalue weighted by Crippen LogP contribution is -2.31. The lowest BCUT2D eigenvalue weighted by molar-refractivity contribution is -0.153. The summed E-state index contributed by atoms with van der Waals surface area (Å²) in [5.41, 5.74) is 2.44. The third-order valence-corrected chi connectivity index (χ3v) is 4.44. The molecule has 0 spiro atoms. The van der Waals surface area contributed by atoms with E-state index < -0.39 is 12.6 Å². The van der Waals surface area contributed by atoms with Gasteiger partial charge in [0.15, 0.2) is 13.2 Å². The van der Waals surface area contributed by atoms with E-state index in [4.69, 9.17) is 9.47 Å². The van der Waals surface area contributed by atoms with Gasteiger partial charge in [0, 0.05) is 25.7 Å². The molecule has 0 bridgehead atoms. The van der Waals surface area contributed by atoms with Crippen LogP contribution in [0.25, 0.3) is 0 Å². The lowest BCUT2D eigenvalue weighted by atomic mass is 10.0. The zero-order valence-electron chi connectivity index (χ0n) is 15.9. The molecule has 2 amide bonds. The van der Waals surface area contributed by atoms with Crippen LogP contribution in [-0.2, 0) is 32.1 Å². The second-order valence-corrected chi connectivity index (χ2v) is 6.69. The van der Waals surface area contributed by atoms with E-state index in [1.165, 1.54) is 17.0 Å². The molecule has 29 heavy (non-hydrogen) atoms. The third-order valence-electron chi connectivity index (χ3n) is 4.44. The number of hydrogen-bond acceptors (Lipinski definition) is 5. The number of ether oxygens (including phenoxy) is 2. The number of anilines is 1. The quantitative estimate of drug-likeness (QED) is 0.721. The van der Waals surface area contributed by atoms with Gasteiger partial charge in [0.05, 0.1) is 0 Å². The molecular weight excluding hydrogens is 379 g/mol. The van der Waals surface area contributed by atoms with Crippen molar-refractivity contribution in [1.29, 1.82) is 0 Å². The Hall–Kier alpha value is -3.42. The molecule has 0 unspecified atom stereocenters. The first-order chi connectivity index (χ1) is 13.9. The van der Waals surface area contributed by atoms with Crippen molar-refractivity contribution >= 4 is 23.5 Å². The number of esters is 1. The molecule has 152 valence electrons. The molecule has 1 N–H and O–H groups in total. The number of likely N-dealkylation sites (N-methyl/N-ethyl adjacent to an activating group) is 1. The molecule has 0 saturated carbocycles. The number of benzene rings is 2. The van der Waals surface area contributed by atoms with Crippen molar-refractivity contribution in [2.75, 3.05) is 25.6 Å². The van der Waals surface area contributed by atoms with Crippen molar-refractivity contribution in [3.8, 4) is 5.75 Å². The van der Waals surface area contributed by atoms with E-state index in [1.807, 2.05) is 0 Å². The minimum atomic E-state index is -0.667. The van der Waals surface area contributed by atoms with Crippen LogP contribution in [0.5, 0.6) is 5.75 Å². The molecule has 1 aliphatic heterocycles. The smallest absolute Gasteiger partial charge is 0.344 e. The van der Waals surface area contributed by atoms with Crippen LogP contribution in [0.4, 0.5) is 10.1 Å². The maximum absolute atomic E-state index is 12.9. The molecule has 0 fully saturated rings. The van der Waals surface area contributed by atoms with Gasteiger partial charge in [0.1, 0.15) is 11.6 Å². The van der Waals surface area contributed by atoms with E-state index in [-0.39, 0.29) is 30.8 Å². The second kappa shape index (κ2) is 9.18. The predicted octanol–water partition coefficient (Wildman–Crippen LogP) is 2.29. The number of carbonyl (C=O) groups is 3. The van der Waals surface area contributed by atoms with Gasteiger partial charge >= 0.3 is 5.97 Å². The van der Waals surface area contributed by atoms with E-state index in [1.54, 1.807) is 37.4 Å². The van der Waals surface area contributed by atoms with Crippen LogP contribution in [-0.4, -0.2) is 42.9 Å². The summed E-state index contributed by atoms with van der Waals surface area (Å²) in [6, 6.07) is 11.0. The Labute approximate surface area is 167 Å². The maximum Gasteiger partial charge on any atom is 0.344 e. The van der Waals surface area contributed by atoms with Gasteiger partial charge < -0.3 is 19.7 Å². The van der Waals surface area contributed by atoms with Gasteiger partial charge in [-0.05, 0) is 47.9 Å². The average Bonchev–Trinajstić information content (AvgIpc) is 2.72. The monoisotopic (exact) mass is 400 g/mol. The molecule has 0 aliphatic carbocycles. The zero-order valence-corrected chi connectivity index (χ0v) is 15.9. The molecule has 1 heterocycles. The second-order valence-electron chi connectivity index (χ2n) is 6.69. The summed E-state index contributed by atoms with van der Waals surface area (Å²) >= 11 is 0. The molecule has 1 aliphatic rings. The molecule has 7 nitrogen and oxygen atoms in total. The van der Waals surface area contributed by atoms with Crippen molar-refractivity contribution in [3.05, 3.63) is 59.4 Å². The maximum atomic E-state index is 12.9. The first-order valence-corrected chi connectivity index (χ1v) is 9.10. The van der Waals surface area contributed by atoms with Gasteiger partial charge in [-0.15, -0.1) is 0 Å². The van der Waals surface area contributed by atoms with Gasteiger partial charge in [0.25, 0.3) is 5.91 Å². The first-order valence-electron chi connectivity index (χ1n) is 9.10. The Morgan fingerprint density at radius 3 is 2.62 bits per heavy atom. The van der Waals surface area contributed by atoms with Crippen LogP contribution in [0.3, 0.4) is 0 Å². The predicted molar refractivity (Wildman–Crippen MR) is 103 cm³/mol. The van der Waals surface area contributed by atoms with Gasteiger partial charge in [-0.3, -0.25) is 9.59 Å². The summed E-state index contributed by atoms with van der Waals surface area (Å²) in [5.74, 6) is -0.937. The highest BCUT2D eigenvalue weighted by Gasteiger charge is 2.16. The van der Waals surface area contributed by atoms with Crippen LogP contribution in [0.1, 0.15) is 17.5 Å². The van der Waals surface area contributed by atoms with Gasteiger partial charge in [-0.1, -0.05) is 12.1 Å². The number of amides is 2. The number of nitrogens with zero attached hydrogens (tertiary/aromatic N) is 1. The Morgan fingerprint density at radius 1 is 1.10 bits per heavy atom. The van der Waals surface area contributed by atoms with Crippen LogP contribution in [0.15, 0.2) is 42.5 Å². The summed E-state index contributed by atoms with van der Waals surface area (Å²) in [5, 5.41) is 2.77. The molecule has 3 rings (SSSR count). The molecular formula is C21H21FN2O5. The topological polar surface area (TPSA) is 84.9 Å². The number of fused-ring (bicyclic) bond motifs is 1. The zero-order chi connectivity index (χ0) is 20.8. The molecule has 0 aromatic heterocycles. The Balaban J connectivity index is 1.42. The van der Waals surface area contributed by atoms with Gasteiger partial charge in [0.2, 0.25) is 5.91 Å². The number of nitrogens with one attached hydrogen (secondary N) is 1. The summed E-state index contributed by atoms with van der Waals surface area (Å²) < 4.78 is 23.3. The summed E-state index contributed by atoms with van der Waals surface area (Å²) in [4.78, 5) is 36.7. The largest absolute Gasteiger partial charge is 0.482 e. The highest BCUT2D eigenvalue weighted by Crippen LogP contribution is 2.26. The fourth-order valence-electron chi connectivity index (χ4n) is 2.84. The van der Waals surface area contributed by atoms with E-state index >= 15 is 0 Å². The standard InChI is InChI=1S/C21H21FN2O5/c1-24(11-14-2-5-16(22)6-3-14)20(26)12-29-21(27)13-28-17-7-8-18-15(10-17)4-9-19(25)23-18/h2-3,5-8,10H,4,9,11-13H2,1H3,(H,23,25). The molecule has 0 radical (unpaired) electrons. The van der Waals surface area contributed by atoms with Gasteiger partial charge in [-0.25, -0.2) is 9.18 Å². The van der Waals surface area contributed by atoms with Crippen LogP contribution >= 0.6 is 0 Å². The van der Waals surface area contributed by atoms with E-state index in [2.05, 4.69) is 5.32 Å². The third kappa shape index (κ3) is 5.78. The average molecular weight is 400 g/mol. The number of rotatable bonds is 7. The molecule has 0 atom stereocenters. The van der Waals surface area contributed by atoms with Crippen molar-refractivity contribution in [3.63, 3.8) is 0 Å². The van der Waals surface area contributed by atoms with Crippen molar-refractivity contribution in [2.45, 2.75) is 19.4 Å². The summed E-state index contributed by atoms with van der Waals surface area (Å²) in [7, 11) is 1.57. The van der Waals surface area contributed by atoms with Crippen molar-refractivity contribution in [1.82, 2.24) is 4.90 Å². The normalized spacial score (nSPS) is 12.6. The Morgan fingerprint density at radius 2 is 1.86 bits per heavy atom. The Bertz CT molecular complexity index is 914. The minimum Gasteiger partial charge on any atom is -0.482 e. The fourth-order valence-corrected chi connectivity index (χ4v) is 2.84. The first kappa shape index (κ1) is 20.3. The van der Waals surface area contributed by atoms with Crippen molar-refractivity contribution < 1.29 is 28.2 Å². The highest BCUT2D eigenvalue weighted by atomic mass is 19.1. The number of carbonyl (C=O) groups excluding carboxylic acids is 3. The molecule has 8 heteroatoms. The van der Waals surface area contributed by atoms with E-state index in [0.717, 1.165) is 16.8 Å². The fraction of sp³-hybridized carbons (Fsp3) is 0.286. The van der Waals surface area contributed by atoms with E-state index in [9.17, 15) is 18.8 Å². The van der Waals surface area contributed by atoms with Crippen LogP contribution < -0.4 is 10.1 Å². The Kier molecular flexibility index (Phi) is 6.43. The van der Waals surface area contributed by atoms with Crippen molar-refractivity contribution in [2.24, 2.45) is 0 Å². The van der Waals surface area contributed by atoms with E-state index in [0.29, 0.717) is 18.6 Å². The summed E-state index contributed by atoms with van der Waals surface area (Å²) in [6.45, 7) is -0.463. The lowest BCUT2D eigenvalue weighted by Gasteiger charge is -2.18. The van der Waals surface area contributed by atoms with Gasteiger partial charge in [-0.2, -0.15) is 0 Å². The highest BCUT2D eigenvalue weighted by molar-refractivity contribution is 5.94. The summed E-state index contributed by atoms with van der Waals surface area (Å²) in [6.07, 6.45) is 1.02. The minimum absolute atomic E-state index is 0.0243. The number of halogens is 1. The molecule has 2 aromatic carbocycles. The number of hydrogen-bond donors (Lipinski definition) is 1. The van der Waals surface area contributed by atoms with Crippen LogP contribution in [0.2, 0.25) is 0 Å².